The van der Waals surface area contributed by atoms with E-state index in [1.54, 1.807) is 0 Å². The molecule has 3 atom stereocenters. The molecular weight excluding hydrogens is 312 g/mol. The second kappa shape index (κ2) is 7.66. The molecule has 0 aromatic heterocycles. The van der Waals surface area contributed by atoms with Gasteiger partial charge in [-0.15, -0.1) is 0 Å². The van der Waals surface area contributed by atoms with Crippen LogP contribution in [0.5, 0.6) is 0 Å². The summed E-state index contributed by atoms with van der Waals surface area (Å²) in [6.45, 7) is 2.32. The molecule has 0 spiro atoms. The normalized spacial score (nSPS) is 24.6. The van der Waals surface area contributed by atoms with E-state index in [2.05, 4.69) is 91.9 Å². The van der Waals surface area contributed by atoms with E-state index in [9.17, 15) is 0 Å². The van der Waals surface area contributed by atoms with Crippen LogP contribution in [-0.2, 0) is 5.41 Å². The fourth-order valence-corrected chi connectivity index (χ4v) is 5.53. The van der Waals surface area contributed by atoms with E-state index in [1.807, 2.05) is 0 Å². The molecule has 0 bridgehead atoms. The lowest BCUT2D eigenvalue weighted by molar-refractivity contribution is 0.248. The quantitative estimate of drug-likeness (QED) is 0.534. The largest absolute Gasteiger partial charge is 0.0808 e. The Hall–Kier alpha value is -2.08. The van der Waals surface area contributed by atoms with E-state index in [4.69, 9.17) is 0 Å². The van der Waals surface area contributed by atoms with Crippen molar-refractivity contribution in [3.8, 4) is 0 Å². The van der Waals surface area contributed by atoms with Gasteiger partial charge in [-0.05, 0) is 48.1 Å². The molecule has 26 heavy (non-hydrogen) atoms. The van der Waals surface area contributed by atoms with Crippen LogP contribution in [0.2, 0.25) is 0 Å². The lowest BCUT2D eigenvalue weighted by Crippen LogP contribution is -2.39. The summed E-state index contributed by atoms with van der Waals surface area (Å²) in [5, 5.41) is 0. The third-order valence-electron chi connectivity index (χ3n) is 6.71. The van der Waals surface area contributed by atoms with Gasteiger partial charge in [-0.2, -0.15) is 0 Å². The minimum absolute atomic E-state index is 0.119. The third-order valence-corrected chi connectivity index (χ3v) is 6.71. The van der Waals surface area contributed by atoms with Crippen molar-refractivity contribution in [3.63, 3.8) is 0 Å². The van der Waals surface area contributed by atoms with Crippen LogP contribution in [0, 0.1) is 17.8 Å². The van der Waals surface area contributed by atoms with Crippen LogP contribution in [0.4, 0.5) is 0 Å². The van der Waals surface area contributed by atoms with Gasteiger partial charge in [-0.25, -0.2) is 0 Å². The van der Waals surface area contributed by atoms with Gasteiger partial charge in [0.1, 0.15) is 0 Å². The number of hydrogen-bond acceptors (Lipinski definition) is 0. The number of fused-ring (bicyclic) bond motifs is 1. The van der Waals surface area contributed by atoms with Crippen LogP contribution >= 0.6 is 0 Å². The van der Waals surface area contributed by atoms with Crippen LogP contribution in [0.25, 0.3) is 0 Å². The number of hydrogen-bond donors (Lipinski definition) is 0. The van der Waals surface area contributed by atoms with E-state index in [1.165, 1.54) is 43.2 Å². The molecule has 0 heteroatoms. The molecule has 0 heterocycles. The summed E-state index contributed by atoms with van der Waals surface area (Å²) in [6.07, 6.45) is 15.9. The maximum atomic E-state index is 2.49. The van der Waals surface area contributed by atoms with Gasteiger partial charge in [0.25, 0.3) is 0 Å². The summed E-state index contributed by atoms with van der Waals surface area (Å²) >= 11 is 0. The van der Waals surface area contributed by atoms with Gasteiger partial charge in [0.05, 0.1) is 0 Å². The SMILES string of the molecule is CCCCC(c1ccccc1)(c1ccccc1)C1CCC2C=CC=CC21. The van der Waals surface area contributed by atoms with Crippen molar-refractivity contribution < 1.29 is 0 Å². The fourth-order valence-electron chi connectivity index (χ4n) is 5.53. The first-order chi connectivity index (χ1) is 12.9. The standard InChI is InChI=1S/C26H30/c1-2-3-20-26(22-13-6-4-7-14-22,23-15-8-5-9-16-23)25-19-18-21-12-10-11-17-24(21)25/h4-17,21,24-25H,2-3,18-20H2,1H3. The van der Waals surface area contributed by atoms with Crippen LogP contribution < -0.4 is 0 Å². The number of benzene rings is 2. The summed E-state index contributed by atoms with van der Waals surface area (Å²) in [5.41, 5.74) is 3.13. The van der Waals surface area contributed by atoms with Crippen molar-refractivity contribution in [2.45, 2.75) is 44.4 Å². The van der Waals surface area contributed by atoms with E-state index in [-0.39, 0.29) is 5.41 Å². The number of rotatable bonds is 6. The van der Waals surface area contributed by atoms with E-state index in [0.717, 1.165) is 5.92 Å². The molecule has 0 aliphatic heterocycles. The second-order valence-corrected chi connectivity index (χ2v) is 8.00. The highest BCUT2D eigenvalue weighted by atomic mass is 14.5. The molecule has 2 aliphatic carbocycles. The van der Waals surface area contributed by atoms with Gasteiger partial charge in [-0.1, -0.05) is 105 Å². The molecule has 3 unspecified atom stereocenters. The Bertz CT molecular complexity index is 714. The molecule has 0 nitrogen and oxygen atoms in total. The van der Waals surface area contributed by atoms with E-state index < -0.39 is 0 Å². The predicted molar refractivity (Wildman–Crippen MR) is 111 cm³/mol. The molecule has 0 saturated heterocycles. The Morgan fingerprint density at radius 1 is 0.808 bits per heavy atom. The molecule has 2 aliphatic rings. The van der Waals surface area contributed by atoms with Crippen LogP contribution in [0.1, 0.15) is 50.2 Å². The maximum absolute atomic E-state index is 2.49. The van der Waals surface area contributed by atoms with Gasteiger partial charge >= 0.3 is 0 Å². The van der Waals surface area contributed by atoms with Gasteiger partial charge in [0.2, 0.25) is 0 Å². The molecule has 1 saturated carbocycles. The summed E-state index contributed by atoms with van der Waals surface area (Å²) in [6, 6.07) is 22.7. The third kappa shape index (κ3) is 2.96. The van der Waals surface area contributed by atoms with Crippen molar-refractivity contribution >= 4 is 0 Å². The van der Waals surface area contributed by atoms with Gasteiger partial charge in [0.15, 0.2) is 0 Å². The molecular formula is C26H30. The van der Waals surface area contributed by atoms with Crippen LogP contribution in [0.3, 0.4) is 0 Å². The van der Waals surface area contributed by atoms with Crippen molar-refractivity contribution in [3.05, 3.63) is 96.1 Å². The monoisotopic (exact) mass is 342 g/mol. The first-order valence-corrected chi connectivity index (χ1v) is 10.3. The van der Waals surface area contributed by atoms with Gasteiger partial charge < -0.3 is 0 Å². The smallest absolute Gasteiger partial charge is 0.0236 e. The summed E-state index contributed by atoms with van der Waals surface area (Å²) < 4.78 is 0. The molecule has 1 fully saturated rings. The van der Waals surface area contributed by atoms with Crippen molar-refractivity contribution in [1.29, 1.82) is 0 Å². The summed E-state index contributed by atoms with van der Waals surface area (Å²) in [5.74, 6) is 2.06. The maximum Gasteiger partial charge on any atom is 0.0236 e. The van der Waals surface area contributed by atoms with Crippen molar-refractivity contribution in [2.24, 2.45) is 17.8 Å². The highest BCUT2D eigenvalue weighted by molar-refractivity contribution is 5.42. The number of unbranched alkanes of at least 4 members (excludes halogenated alkanes) is 1. The summed E-state index contributed by atoms with van der Waals surface area (Å²) in [7, 11) is 0. The lowest BCUT2D eigenvalue weighted by Gasteiger charge is -2.44. The number of allylic oxidation sites excluding steroid dienone is 4. The van der Waals surface area contributed by atoms with Crippen LogP contribution in [-0.4, -0.2) is 0 Å². The predicted octanol–water partition coefficient (Wildman–Crippen LogP) is 6.93. The van der Waals surface area contributed by atoms with Crippen LogP contribution in [0.15, 0.2) is 85.0 Å². The van der Waals surface area contributed by atoms with E-state index >= 15 is 0 Å². The average Bonchev–Trinajstić information content (AvgIpc) is 3.15. The Morgan fingerprint density at radius 3 is 2.04 bits per heavy atom. The van der Waals surface area contributed by atoms with E-state index in [0.29, 0.717) is 11.8 Å². The molecule has 0 amide bonds. The minimum Gasteiger partial charge on any atom is -0.0808 e. The first kappa shape index (κ1) is 17.3. The zero-order chi connectivity index (χ0) is 17.8. The topological polar surface area (TPSA) is 0 Å². The van der Waals surface area contributed by atoms with Crippen molar-refractivity contribution in [2.75, 3.05) is 0 Å². The molecule has 0 radical (unpaired) electrons. The Balaban J connectivity index is 1.88. The highest BCUT2D eigenvalue weighted by Crippen LogP contribution is 2.55. The molecule has 2 aromatic carbocycles. The average molecular weight is 343 g/mol. The highest BCUT2D eigenvalue weighted by Gasteiger charge is 2.48. The minimum atomic E-state index is 0.119. The first-order valence-electron chi connectivity index (χ1n) is 10.3. The summed E-state index contributed by atoms with van der Waals surface area (Å²) in [4.78, 5) is 0. The molecule has 4 rings (SSSR count). The molecule has 0 N–H and O–H groups in total. The zero-order valence-corrected chi connectivity index (χ0v) is 15.9. The zero-order valence-electron chi connectivity index (χ0n) is 15.9. The molecule has 134 valence electrons. The fraction of sp³-hybridized carbons (Fsp3) is 0.385. The lowest BCUT2D eigenvalue weighted by atomic mass is 9.59. The van der Waals surface area contributed by atoms with Gasteiger partial charge in [-0.3, -0.25) is 0 Å². The van der Waals surface area contributed by atoms with Crippen molar-refractivity contribution in [1.82, 2.24) is 0 Å². The Morgan fingerprint density at radius 2 is 1.42 bits per heavy atom. The Kier molecular flexibility index (Phi) is 5.11. The second-order valence-electron chi connectivity index (χ2n) is 8.00. The van der Waals surface area contributed by atoms with Gasteiger partial charge in [0, 0.05) is 5.41 Å². The Labute approximate surface area is 158 Å². The molecule has 2 aromatic rings.